The van der Waals surface area contributed by atoms with Crippen molar-refractivity contribution in [1.29, 1.82) is 0 Å². The average molecular weight is 424 g/mol. The maximum absolute atomic E-state index is 4.97. The Bertz CT molecular complexity index is 1510. The Kier molecular flexibility index (Phi) is 4.78. The topological polar surface area (TPSA) is 41.0 Å². The first kappa shape index (κ1) is 19.2. The summed E-state index contributed by atoms with van der Waals surface area (Å²) in [5.41, 5.74) is 7.42. The molecule has 0 amide bonds. The van der Waals surface area contributed by atoms with Crippen LogP contribution in [-0.2, 0) is 0 Å². The van der Waals surface area contributed by atoms with Gasteiger partial charge in [-0.15, -0.1) is 0 Å². The molecule has 0 aliphatic carbocycles. The number of H-pyrrole nitrogens is 1. The Balaban J connectivity index is 1.51. The van der Waals surface area contributed by atoms with Crippen LogP contribution in [0, 0.1) is 0 Å². The number of hydrogen-bond donors (Lipinski definition) is 1. The molecular weight excluding hydrogens is 402 g/mol. The molecule has 0 aliphatic heterocycles. The monoisotopic (exact) mass is 423 g/mol. The smallest absolute Gasteiger partial charge is 0.149 e. The highest BCUT2D eigenvalue weighted by molar-refractivity contribution is 6.03. The van der Waals surface area contributed by atoms with E-state index in [0.29, 0.717) is 0 Å². The van der Waals surface area contributed by atoms with Crippen LogP contribution in [0.3, 0.4) is 0 Å². The summed E-state index contributed by atoms with van der Waals surface area (Å²) in [7, 11) is 0. The molecule has 0 fully saturated rings. The van der Waals surface area contributed by atoms with Crippen LogP contribution >= 0.6 is 0 Å². The summed E-state index contributed by atoms with van der Waals surface area (Å²) >= 11 is 0. The number of rotatable bonds is 4. The van der Waals surface area contributed by atoms with E-state index < -0.39 is 0 Å². The largest absolute Gasteiger partial charge is 0.337 e. The van der Waals surface area contributed by atoms with Crippen LogP contribution < -0.4 is 0 Å². The van der Waals surface area contributed by atoms with Crippen molar-refractivity contribution >= 4 is 33.7 Å². The molecule has 5 aromatic carbocycles. The lowest BCUT2D eigenvalue weighted by molar-refractivity contribution is 1.30. The maximum Gasteiger partial charge on any atom is 0.149 e. The zero-order valence-electron chi connectivity index (χ0n) is 17.9. The molecular formula is C30H21N3. The predicted molar refractivity (Wildman–Crippen MR) is 138 cm³/mol. The molecule has 6 aromatic rings. The van der Waals surface area contributed by atoms with Crippen LogP contribution in [-0.4, -0.2) is 16.2 Å². The summed E-state index contributed by atoms with van der Waals surface area (Å²) < 4.78 is 0. The Hall–Kier alpha value is -4.50. The quantitative estimate of drug-likeness (QED) is 0.289. The highest BCUT2D eigenvalue weighted by atomic mass is 14.9. The van der Waals surface area contributed by atoms with Crippen molar-refractivity contribution in [1.82, 2.24) is 9.97 Å². The Morgan fingerprint density at radius 1 is 0.606 bits per heavy atom. The zero-order valence-corrected chi connectivity index (χ0v) is 17.9. The third kappa shape index (κ3) is 3.60. The Labute approximate surface area is 192 Å². The number of aromatic nitrogens is 2. The van der Waals surface area contributed by atoms with Crippen LogP contribution in [0.15, 0.2) is 120 Å². The van der Waals surface area contributed by atoms with Crippen LogP contribution in [0.4, 0.5) is 5.69 Å². The van der Waals surface area contributed by atoms with Gasteiger partial charge in [0.05, 0.1) is 22.9 Å². The van der Waals surface area contributed by atoms with E-state index in [1.165, 1.54) is 5.39 Å². The molecule has 1 N–H and O–H groups in total. The van der Waals surface area contributed by atoms with Gasteiger partial charge in [-0.3, -0.25) is 4.99 Å². The lowest BCUT2D eigenvalue weighted by Crippen LogP contribution is -1.85. The molecule has 1 aromatic heterocycles. The Morgan fingerprint density at radius 3 is 2.03 bits per heavy atom. The number of nitrogens with zero attached hydrogens (tertiary/aromatic N) is 2. The van der Waals surface area contributed by atoms with Gasteiger partial charge in [0.15, 0.2) is 0 Å². The van der Waals surface area contributed by atoms with Gasteiger partial charge in [0.1, 0.15) is 5.82 Å². The maximum atomic E-state index is 4.97. The van der Waals surface area contributed by atoms with E-state index in [4.69, 9.17) is 9.98 Å². The van der Waals surface area contributed by atoms with Crippen LogP contribution in [0.25, 0.3) is 44.1 Å². The van der Waals surface area contributed by atoms with E-state index in [9.17, 15) is 0 Å². The molecule has 0 saturated carbocycles. The fraction of sp³-hybridized carbons (Fsp3) is 0. The third-order valence-corrected chi connectivity index (χ3v) is 5.93. The SMILES string of the molecule is C(=N\c1cccc2ccccc12)/c1nc2c(-c3ccccc3)ccc(-c3ccccc3)c2[nH]1. The number of hydrogen-bond acceptors (Lipinski definition) is 2. The number of nitrogens with one attached hydrogen (secondary N) is 1. The van der Waals surface area contributed by atoms with Gasteiger partial charge in [0.25, 0.3) is 0 Å². The first-order valence-corrected chi connectivity index (χ1v) is 11.0. The van der Waals surface area contributed by atoms with Crippen molar-refractivity contribution in [2.24, 2.45) is 4.99 Å². The minimum Gasteiger partial charge on any atom is -0.337 e. The number of fused-ring (bicyclic) bond motifs is 2. The molecule has 0 radical (unpaired) electrons. The van der Waals surface area contributed by atoms with E-state index in [0.717, 1.165) is 50.2 Å². The second-order valence-corrected chi connectivity index (χ2v) is 7.99. The predicted octanol–water partition coefficient (Wildman–Crippen LogP) is 7.80. The van der Waals surface area contributed by atoms with Gasteiger partial charge in [-0.25, -0.2) is 4.98 Å². The van der Waals surface area contributed by atoms with E-state index in [1.807, 2.05) is 42.6 Å². The van der Waals surface area contributed by atoms with Crippen molar-refractivity contribution in [2.45, 2.75) is 0 Å². The molecule has 0 unspecified atom stereocenters. The summed E-state index contributed by atoms with van der Waals surface area (Å²) in [5, 5.41) is 2.30. The molecule has 3 heteroatoms. The first-order valence-electron chi connectivity index (χ1n) is 11.0. The highest BCUT2D eigenvalue weighted by Gasteiger charge is 2.13. The number of aromatic amines is 1. The van der Waals surface area contributed by atoms with Crippen molar-refractivity contribution in [3.05, 3.63) is 121 Å². The Morgan fingerprint density at radius 2 is 1.24 bits per heavy atom. The van der Waals surface area contributed by atoms with Gasteiger partial charge in [-0.2, -0.15) is 0 Å². The average Bonchev–Trinajstić information content (AvgIpc) is 3.32. The molecule has 1 heterocycles. The molecule has 0 saturated heterocycles. The summed E-state index contributed by atoms with van der Waals surface area (Å²) in [5.74, 6) is 0.735. The lowest BCUT2D eigenvalue weighted by atomic mass is 9.98. The van der Waals surface area contributed by atoms with Gasteiger partial charge < -0.3 is 4.98 Å². The van der Waals surface area contributed by atoms with E-state index >= 15 is 0 Å². The molecule has 0 atom stereocenters. The van der Waals surface area contributed by atoms with E-state index in [1.54, 1.807) is 0 Å². The minimum atomic E-state index is 0.735. The fourth-order valence-corrected chi connectivity index (χ4v) is 4.33. The summed E-state index contributed by atoms with van der Waals surface area (Å²) in [4.78, 5) is 13.3. The summed E-state index contributed by atoms with van der Waals surface area (Å²) in [6, 6.07) is 39.6. The molecule has 156 valence electrons. The van der Waals surface area contributed by atoms with E-state index in [2.05, 4.69) is 83.8 Å². The molecule has 0 bridgehead atoms. The van der Waals surface area contributed by atoms with Crippen LogP contribution in [0.5, 0.6) is 0 Å². The van der Waals surface area contributed by atoms with Crippen molar-refractivity contribution in [3.8, 4) is 22.3 Å². The second kappa shape index (κ2) is 8.21. The second-order valence-electron chi connectivity index (χ2n) is 7.99. The molecule has 33 heavy (non-hydrogen) atoms. The first-order chi connectivity index (χ1) is 16.4. The standard InChI is InChI=1S/C30H21N3/c1-3-10-22(11-4-1)25-18-19-26(23-12-5-2-6-13-23)30-29(25)32-28(33-30)20-31-27-17-9-15-21-14-7-8-16-24(21)27/h1-20H,(H,32,33)/b31-20+. The zero-order chi connectivity index (χ0) is 22.0. The molecule has 0 aliphatic rings. The van der Waals surface area contributed by atoms with Crippen molar-refractivity contribution in [3.63, 3.8) is 0 Å². The van der Waals surface area contributed by atoms with Crippen molar-refractivity contribution < 1.29 is 0 Å². The van der Waals surface area contributed by atoms with Crippen LogP contribution in [0.2, 0.25) is 0 Å². The highest BCUT2D eigenvalue weighted by Crippen LogP contribution is 2.34. The number of aliphatic imine (C=N–C) groups is 1. The third-order valence-electron chi connectivity index (χ3n) is 5.93. The van der Waals surface area contributed by atoms with Gasteiger partial charge in [-0.1, -0.05) is 109 Å². The van der Waals surface area contributed by atoms with Gasteiger partial charge in [0.2, 0.25) is 0 Å². The van der Waals surface area contributed by atoms with Crippen molar-refractivity contribution in [2.75, 3.05) is 0 Å². The van der Waals surface area contributed by atoms with E-state index in [-0.39, 0.29) is 0 Å². The fourth-order valence-electron chi connectivity index (χ4n) is 4.33. The summed E-state index contributed by atoms with van der Waals surface area (Å²) in [6.07, 6.45) is 1.82. The summed E-state index contributed by atoms with van der Waals surface area (Å²) in [6.45, 7) is 0. The molecule has 3 nitrogen and oxygen atoms in total. The molecule has 6 rings (SSSR count). The van der Waals surface area contributed by atoms with Crippen LogP contribution in [0.1, 0.15) is 5.82 Å². The minimum absolute atomic E-state index is 0.735. The van der Waals surface area contributed by atoms with Gasteiger partial charge in [-0.05, 0) is 22.6 Å². The molecule has 0 spiro atoms. The normalized spacial score (nSPS) is 11.5. The number of benzene rings is 5. The number of imidazole rings is 1. The van der Waals surface area contributed by atoms with Gasteiger partial charge >= 0.3 is 0 Å². The lowest BCUT2D eigenvalue weighted by Gasteiger charge is -2.07. The van der Waals surface area contributed by atoms with Gasteiger partial charge in [0, 0.05) is 16.5 Å².